The van der Waals surface area contributed by atoms with Crippen molar-refractivity contribution < 1.29 is 80.2 Å². The average molecular weight is 1200 g/mol. The SMILES string of the molecule is CCCCCCCC(=O)OC[C@H](COP(=O)(O)OC[C@H](O)COP(=O)(O)OC[C@@H](COC(=O)CCCCCCCCCCCCC(C)C)OC(=O)CCCCCCCCCCCCCCCCC(C)CC)OC(=O)CCCCCCC. The van der Waals surface area contributed by atoms with Crippen LogP contribution in [0.15, 0.2) is 0 Å². The second-order valence-electron chi connectivity index (χ2n) is 23.2. The third-order valence-corrected chi connectivity index (χ3v) is 16.5. The maximum atomic E-state index is 13.0. The second kappa shape index (κ2) is 54.7. The Morgan fingerprint density at radius 3 is 0.938 bits per heavy atom. The van der Waals surface area contributed by atoms with Gasteiger partial charge in [-0.1, -0.05) is 253 Å². The van der Waals surface area contributed by atoms with Crippen LogP contribution in [0.25, 0.3) is 0 Å². The first-order valence-electron chi connectivity index (χ1n) is 32.5. The van der Waals surface area contributed by atoms with Crippen molar-refractivity contribution in [3.8, 4) is 0 Å². The van der Waals surface area contributed by atoms with E-state index < -0.39 is 97.5 Å². The number of carbonyl (C=O) groups excluding carboxylic acids is 4. The van der Waals surface area contributed by atoms with Crippen LogP contribution >= 0.6 is 15.6 Å². The number of ether oxygens (including phenoxy) is 4. The number of hydrogen-bond acceptors (Lipinski definition) is 15. The van der Waals surface area contributed by atoms with Gasteiger partial charge in [0.05, 0.1) is 26.4 Å². The lowest BCUT2D eigenvalue weighted by Gasteiger charge is -2.21. The van der Waals surface area contributed by atoms with E-state index in [1.165, 1.54) is 116 Å². The summed E-state index contributed by atoms with van der Waals surface area (Å²) in [4.78, 5) is 71.6. The number of aliphatic hydroxyl groups is 1. The van der Waals surface area contributed by atoms with Crippen molar-refractivity contribution >= 4 is 39.5 Å². The van der Waals surface area contributed by atoms with Gasteiger partial charge >= 0.3 is 39.5 Å². The van der Waals surface area contributed by atoms with Crippen LogP contribution in [-0.4, -0.2) is 96.7 Å². The summed E-state index contributed by atoms with van der Waals surface area (Å²) in [6, 6.07) is 0. The van der Waals surface area contributed by atoms with E-state index in [0.717, 1.165) is 108 Å². The van der Waals surface area contributed by atoms with Crippen LogP contribution in [0.5, 0.6) is 0 Å². The fourth-order valence-electron chi connectivity index (χ4n) is 9.15. The molecular weight excluding hydrogens is 1080 g/mol. The molecule has 480 valence electrons. The molecule has 0 aromatic carbocycles. The molecule has 0 bridgehead atoms. The molecule has 17 nitrogen and oxygen atoms in total. The van der Waals surface area contributed by atoms with Crippen LogP contribution < -0.4 is 0 Å². The van der Waals surface area contributed by atoms with E-state index in [0.29, 0.717) is 25.7 Å². The fourth-order valence-corrected chi connectivity index (χ4v) is 10.7. The lowest BCUT2D eigenvalue weighted by Crippen LogP contribution is -2.30. The summed E-state index contributed by atoms with van der Waals surface area (Å²) in [5.41, 5.74) is 0. The quantitative estimate of drug-likeness (QED) is 0.0222. The normalized spacial score (nSPS) is 14.7. The molecule has 0 aliphatic heterocycles. The Morgan fingerprint density at radius 2 is 0.630 bits per heavy atom. The first-order chi connectivity index (χ1) is 38.9. The van der Waals surface area contributed by atoms with Crippen molar-refractivity contribution in [2.45, 2.75) is 323 Å². The Bertz CT molecular complexity index is 1600. The zero-order chi connectivity index (χ0) is 60.1. The van der Waals surface area contributed by atoms with E-state index in [2.05, 4.69) is 41.5 Å². The number of phosphoric acid groups is 2. The predicted octanol–water partition coefficient (Wildman–Crippen LogP) is 16.9. The van der Waals surface area contributed by atoms with Crippen LogP contribution in [0.3, 0.4) is 0 Å². The maximum Gasteiger partial charge on any atom is 0.472 e. The molecule has 0 radical (unpaired) electrons. The van der Waals surface area contributed by atoms with E-state index in [-0.39, 0.29) is 25.7 Å². The van der Waals surface area contributed by atoms with Gasteiger partial charge in [0.2, 0.25) is 0 Å². The van der Waals surface area contributed by atoms with Gasteiger partial charge in [0.15, 0.2) is 12.2 Å². The first-order valence-corrected chi connectivity index (χ1v) is 35.5. The lowest BCUT2D eigenvalue weighted by molar-refractivity contribution is -0.161. The molecular formula is C62H120O17P2. The molecule has 0 aliphatic rings. The van der Waals surface area contributed by atoms with Gasteiger partial charge in [0, 0.05) is 25.7 Å². The van der Waals surface area contributed by atoms with Crippen molar-refractivity contribution in [1.82, 2.24) is 0 Å². The van der Waals surface area contributed by atoms with Crippen LogP contribution in [0.1, 0.15) is 305 Å². The molecule has 0 heterocycles. The van der Waals surface area contributed by atoms with Crippen molar-refractivity contribution in [2.75, 3.05) is 39.6 Å². The molecule has 0 fully saturated rings. The van der Waals surface area contributed by atoms with Gasteiger partial charge in [-0.25, -0.2) is 9.13 Å². The Balaban J connectivity index is 5.10. The van der Waals surface area contributed by atoms with Crippen LogP contribution in [0.2, 0.25) is 0 Å². The Morgan fingerprint density at radius 1 is 0.358 bits per heavy atom. The number of hydrogen-bond donors (Lipinski definition) is 3. The van der Waals surface area contributed by atoms with Gasteiger partial charge in [0.25, 0.3) is 0 Å². The highest BCUT2D eigenvalue weighted by Gasteiger charge is 2.30. The van der Waals surface area contributed by atoms with Crippen LogP contribution in [-0.2, 0) is 65.4 Å². The molecule has 0 aliphatic carbocycles. The number of unbranched alkanes of at least 4 members (excludes halogenated alkanes) is 30. The summed E-state index contributed by atoms with van der Waals surface area (Å²) >= 11 is 0. The minimum absolute atomic E-state index is 0.0986. The molecule has 0 aromatic rings. The standard InChI is InChI=1S/C62H120O17P2/c1-7-10-12-30-38-44-59(64)72-50-57(78-61(66)46-40-31-13-11-8-2)52-76-80(68,69)74-48-56(63)49-75-81(70,71)77-53-58(51-73-60(65)45-39-34-28-24-21-20-22-26-32-36-42-54(4)5)79-62(67)47-41-35-29-25-19-17-15-14-16-18-23-27-33-37-43-55(6)9-3/h54-58,63H,7-53H2,1-6H3,(H,68,69)(H,70,71)/t55?,56-,57+,58+/m0/s1. The highest BCUT2D eigenvalue weighted by molar-refractivity contribution is 7.47. The van der Waals surface area contributed by atoms with Crippen LogP contribution in [0, 0.1) is 11.8 Å². The van der Waals surface area contributed by atoms with E-state index in [1.54, 1.807) is 0 Å². The summed E-state index contributed by atoms with van der Waals surface area (Å²) in [5, 5.41) is 10.5. The molecule has 6 atom stereocenters. The summed E-state index contributed by atoms with van der Waals surface area (Å²) in [6.07, 6.45) is 37.0. The number of rotatable bonds is 61. The minimum Gasteiger partial charge on any atom is -0.462 e. The summed E-state index contributed by atoms with van der Waals surface area (Å²) in [5.74, 6) is -0.554. The third kappa shape index (κ3) is 55.7. The summed E-state index contributed by atoms with van der Waals surface area (Å²) in [6.45, 7) is 9.34. The van der Waals surface area contributed by atoms with Gasteiger partial charge in [0.1, 0.15) is 19.3 Å². The Kier molecular flexibility index (Phi) is 53.4. The first kappa shape index (κ1) is 79.1. The molecule has 0 saturated heterocycles. The Hall–Kier alpha value is -1.94. The number of esters is 4. The van der Waals surface area contributed by atoms with E-state index in [4.69, 9.17) is 37.0 Å². The number of phosphoric ester groups is 2. The van der Waals surface area contributed by atoms with Crippen LogP contribution in [0.4, 0.5) is 0 Å². The molecule has 0 amide bonds. The van der Waals surface area contributed by atoms with Gasteiger partial charge in [-0.15, -0.1) is 0 Å². The van der Waals surface area contributed by atoms with Crippen molar-refractivity contribution in [3.63, 3.8) is 0 Å². The van der Waals surface area contributed by atoms with Gasteiger partial charge in [-0.2, -0.15) is 0 Å². The largest absolute Gasteiger partial charge is 0.472 e. The maximum absolute atomic E-state index is 13.0. The molecule has 0 aromatic heterocycles. The third-order valence-electron chi connectivity index (χ3n) is 14.6. The Labute approximate surface area is 492 Å². The number of carbonyl (C=O) groups is 4. The summed E-state index contributed by atoms with van der Waals surface area (Å²) in [7, 11) is -9.86. The number of aliphatic hydroxyl groups excluding tert-OH is 1. The highest BCUT2D eigenvalue weighted by atomic mass is 31.2. The second-order valence-corrected chi connectivity index (χ2v) is 26.1. The van der Waals surface area contributed by atoms with E-state index in [1.807, 2.05) is 0 Å². The summed E-state index contributed by atoms with van der Waals surface area (Å²) < 4.78 is 67.5. The smallest absolute Gasteiger partial charge is 0.462 e. The molecule has 0 saturated carbocycles. The molecule has 0 rings (SSSR count). The molecule has 0 spiro atoms. The van der Waals surface area contributed by atoms with Gasteiger partial charge in [-0.05, 0) is 37.5 Å². The molecule has 19 heteroatoms. The topological polar surface area (TPSA) is 237 Å². The van der Waals surface area contributed by atoms with E-state index >= 15 is 0 Å². The van der Waals surface area contributed by atoms with Gasteiger partial charge < -0.3 is 33.8 Å². The molecule has 3 N–H and O–H groups in total. The van der Waals surface area contributed by atoms with Gasteiger partial charge in [-0.3, -0.25) is 37.3 Å². The monoisotopic (exact) mass is 1200 g/mol. The highest BCUT2D eigenvalue weighted by Crippen LogP contribution is 2.45. The predicted molar refractivity (Wildman–Crippen MR) is 321 cm³/mol. The van der Waals surface area contributed by atoms with Crippen molar-refractivity contribution in [3.05, 3.63) is 0 Å². The van der Waals surface area contributed by atoms with Crippen molar-refractivity contribution in [1.29, 1.82) is 0 Å². The fraction of sp³-hybridized carbons (Fsp3) is 0.935. The zero-order valence-electron chi connectivity index (χ0n) is 52.1. The molecule has 3 unspecified atom stereocenters. The molecule has 81 heavy (non-hydrogen) atoms. The van der Waals surface area contributed by atoms with E-state index in [9.17, 15) is 43.2 Å². The van der Waals surface area contributed by atoms with Crippen molar-refractivity contribution in [2.24, 2.45) is 11.8 Å². The lowest BCUT2D eigenvalue weighted by atomic mass is 9.99. The average Bonchev–Trinajstić information content (AvgIpc) is 3.43. The zero-order valence-corrected chi connectivity index (χ0v) is 53.9. The minimum atomic E-state index is -4.94.